The van der Waals surface area contributed by atoms with Crippen LogP contribution in [0, 0.1) is 0 Å². The lowest BCUT2D eigenvalue weighted by molar-refractivity contribution is 0.0718. The maximum absolute atomic E-state index is 15.1. The maximum atomic E-state index is 15.1. The average molecular weight is 675 g/mol. The predicted molar refractivity (Wildman–Crippen MR) is 170 cm³/mol. The molecule has 2 fully saturated rings. The number of halogens is 1. The molecule has 2 aliphatic heterocycles. The second-order valence-corrected chi connectivity index (χ2v) is 14.0. The van der Waals surface area contributed by atoms with Crippen LogP contribution in [-0.2, 0) is 37.3 Å². The van der Waals surface area contributed by atoms with Gasteiger partial charge in [0.15, 0.2) is 0 Å². The molecule has 232 valence electrons. The summed E-state index contributed by atoms with van der Waals surface area (Å²) < 4.78 is 53.5. The number of morpholine rings is 1. The van der Waals surface area contributed by atoms with Crippen LogP contribution in [-0.4, -0.2) is 70.9 Å². The number of sulfonamides is 1. The van der Waals surface area contributed by atoms with Crippen molar-refractivity contribution < 1.29 is 27.4 Å². The Balaban J connectivity index is 1.59. The third-order valence-corrected chi connectivity index (χ3v) is 11.4. The second-order valence-electron chi connectivity index (χ2n) is 10.9. The minimum Gasteiger partial charge on any atom is -0.497 e. The summed E-state index contributed by atoms with van der Waals surface area (Å²) in [5.41, 5.74) is 2.47. The van der Waals surface area contributed by atoms with E-state index < -0.39 is 14.8 Å². The maximum Gasteiger partial charge on any atom is 0.224 e. The highest BCUT2D eigenvalue weighted by Gasteiger charge is 2.50. The monoisotopic (exact) mass is 673 g/mol. The summed E-state index contributed by atoms with van der Waals surface area (Å²) in [5.74, 6) is 2.20. The first-order chi connectivity index (χ1) is 20.8. The molecule has 43 heavy (non-hydrogen) atoms. The van der Waals surface area contributed by atoms with Gasteiger partial charge in [0.2, 0.25) is 10.0 Å². The van der Waals surface area contributed by atoms with Crippen LogP contribution in [0.4, 0.5) is 5.82 Å². The number of nitrogens with zero attached hydrogens (tertiary/aromatic N) is 3. The number of hydrogen-bond acceptors (Lipinski definition) is 8. The third kappa shape index (κ3) is 6.86. The molecule has 0 bridgehead atoms. The SMILES string of the molecule is CC[C@H]1COCCN1c1cc(C2(S(=O)(=O)N(Cc3ccc(OC)cc3)Cc3ccc(OC)cc3)CCOCC2)cc(Br)n1. The van der Waals surface area contributed by atoms with E-state index in [1.165, 1.54) is 0 Å². The van der Waals surface area contributed by atoms with Gasteiger partial charge in [0.25, 0.3) is 0 Å². The van der Waals surface area contributed by atoms with E-state index in [0.29, 0.717) is 50.4 Å². The Bertz CT molecular complexity index is 1410. The first-order valence-corrected chi connectivity index (χ1v) is 16.9. The van der Waals surface area contributed by atoms with Crippen LogP contribution in [0.2, 0.25) is 0 Å². The van der Waals surface area contributed by atoms with Gasteiger partial charge in [0.1, 0.15) is 26.7 Å². The van der Waals surface area contributed by atoms with Crippen LogP contribution in [0.15, 0.2) is 65.3 Å². The first-order valence-electron chi connectivity index (χ1n) is 14.7. The zero-order valence-corrected chi connectivity index (χ0v) is 27.4. The van der Waals surface area contributed by atoms with Gasteiger partial charge in [-0.25, -0.2) is 13.4 Å². The number of aromatic nitrogens is 1. The van der Waals surface area contributed by atoms with Gasteiger partial charge >= 0.3 is 0 Å². The molecule has 2 aliphatic rings. The fraction of sp³-hybridized carbons (Fsp3) is 0.469. The van der Waals surface area contributed by atoms with Crippen LogP contribution < -0.4 is 14.4 Å². The Kier molecular flexibility index (Phi) is 10.3. The number of pyridine rings is 1. The molecular formula is C32H40BrN3O6S. The molecule has 11 heteroatoms. The molecule has 9 nitrogen and oxygen atoms in total. The zero-order chi connectivity index (χ0) is 30.5. The van der Waals surface area contributed by atoms with Crippen LogP contribution in [0.3, 0.4) is 0 Å². The Morgan fingerprint density at radius 2 is 1.51 bits per heavy atom. The molecule has 0 unspecified atom stereocenters. The predicted octanol–water partition coefficient (Wildman–Crippen LogP) is 5.51. The third-order valence-electron chi connectivity index (χ3n) is 8.47. The van der Waals surface area contributed by atoms with Crippen LogP contribution >= 0.6 is 15.9 Å². The standard InChI is InChI=1S/C32H40BrN3O6S/c1-4-27-23-42-18-15-36(27)31-20-26(19-30(33)34-31)32(13-16-41-17-14-32)43(37,38)35(21-24-5-9-28(39-2)10-6-24)22-25-7-11-29(40-3)12-8-25/h5-12,19-20,27H,4,13-18,21-23H2,1-3H3/t27-/m0/s1. The van der Waals surface area contributed by atoms with E-state index in [1.54, 1.807) is 18.5 Å². The van der Waals surface area contributed by atoms with E-state index in [-0.39, 0.29) is 19.1 Å². The molecule has 0 N–H and O–H groups in total. The van der Waals surface area contributed by atoms with Gasteiger partial charge < -0.3 is 23.8 Å². The Labute approximate surface area is 263 Å². The lowest BCUT2D eigenvalue weighted by Gasteiger charge is -2.42. The number of benzene rings is 2. The summed E-state index contributed by atoms with van der Waals surface area (Å²) >= 11 is 3.62. The van der Waals surface area contributed by atoms with E-state index in [4.69, 9.17) is 23.9 Å². The lowest BCUT2D eigenvalue weighted by atomic mass is 9.91. The Morgan fingerprint density at radius 3 is 2.05 bits per heavy atom. The van der Waals surface area contributed by atoms with Crippen molar-refractivity contribution in [3.05, 3.63) is 82.0 Å². The highest BCUT2D eigenvalue weighted by molar-refractivity contribution is 9.10. The molecule has 3 heterocycles. The summed E-state index contributed by atoms with van der Waals surface area (Å²) in [5, 5.41) is 0. The van der Waals surface area contributed by atoms with Gasteiger partial charge in [-0.2, -0.15) is 4.31 Å². The molecular weight excluding hydrogens is 634 g/mol. The highest BCUT2D eigenvalue weighted by Crippen LogP contribution is 2.44. The van der Waals surface area contributed by atoms with Gasteiger partial charge in [-0.3, -0.25) is 0 Å². The fourth-order valence-corrected chi connectivity index (χ4v) is 8.59. The van der Waals surface area contributed by atoms with Crippen LogP contribution in [0.1, 0.15) is 42.9 Å². The zero-order valence-electron chi connectivity index (χ0n) is 25.0. The van der Waals surface area contributed by atoms with E-state index in [2.05, 4.69) is 27.8 Å². The number of ether oxygens (including phenoxy) is 4. The minimum absolute atomic E-state index is 0.173. The summed E-state index contributed by atoms with van der Waals surface area (Å²) in [6, 6.07) is 19.1. The van der Waals surface area contributed by atoms with Crippen molar-refractivity contribution in [2.45, 2.75) is 50.1 Å². The largest absolute Gasteiger partial charge is 0.497 e. The van der Waals surface area contributed by atoms with Crippen molar-refractivity contribution in [2.24, 2.45) is 0 Å². The topological polar surface area (TPSA) is 90.4 Å². The highest BCUT2D eigenvalue weighted by atomic mass is 79.9. The number of rotatable bonds is 11. The van der Waals surface area contributed by atoms with Crippen molar-refractivity contribution in [2.75, 3.05) is 52.1 Å². The Morgan fingerprint density at radius 1 is 0.930 bits per heavy atom. The van der Waals surface area contributed by atoms with Crippen LogP contribution in [0.25, 0.3) is 0 Å². The lowest BCUT2D eigenvalue weighted by Crippen LogP contribution is -2.49. The molecule has 2 saturated heterocycles. The molecule has 0 aliphatic carbocycles. The molecule has 0 spiro atoms. The molecule has 3 aromatic rings. The van der Waals surface area contributed by atoms with E-state index >= 15 is 8.42 Å². The van der Waals surface area contributed by atoms with E-state index in [0.717, 1.165) is 40.4 Å². The van der Waals surface area contributed by atoms with E-state index in [9.17, 15) is 0 Å². The molecule has 0 radical (unpaired) electrons. The summed E-state index contributed by atoms with van der Waals surface area (Å²) in [6.07, 6.45) is 1.58. The van der Waals surface area contributed by atoms with Crippen LogP contribution in [0.5, 0.6) is 11.5 Å². The van der Waals surface area contributed by atoms with Crippen molar-refractivity contribution in [1.29, 1.82) is 0 Å². The van der Waals surface area contributed by atoms with Gasteiger partial charge in [0, 0.05) is 32.8 Å². The molecule has 5 rings (SSSR count). The average Bonchev–Trinajstić information content (AvgIpc) is 3.05. The smallest absolute Gasteiger partial charge is 0.224 e. The van der Waals surface area contributed by atoms with Gasteiger partial charge in [-0.15, -0.1) is 0 Å². The van der Waals surface area contributed by atoms with E-state index in [1.807, 2.05) is 60.7 Å². The van der Waals surface area contributed by atoms with Gasteiger partial charge in [-0.05, 0) is 88.3 Å². The first kappa shape index (κ1) is 31.7. The molecule has 2 aromatic carbocycles. The van der Waals surface area contributed by atoms with Gasteiger partial charge in [0.05, 0.1) is 33.5 Å². The quantitative estimate of drug-likeness (QED) is 0.246. The van der Waals surface area contributed by atoms with Crippen molar-refractivity contribution in [1.82, 2.24) is 9.29 Å². The number of methoxy groups -OCH3 is 2. The number of anilines is 1. The minimum atomic E-state index is -3.95. The summed E-state index contributed by atoms with van der Waals surface area (Å²) in [7, 11) is -0.719. The normalized spacial score (nSPS) is 18.9. The molecule has 0 saturated carbocycles. The summed E-state index contributed by atoms with van der Waals surface area (Å²) in [4.78, 5) is 7.04. The fourth-order valence-electron chi connectivity index (χ4n) is 5.93. The summed E-state index contributed by atoms with van der Waals surface area (Å²) in [6.45, 7) is 5.18. The van der Waals surface area contributed by atoms with Crippen molar-refractivity contribution in [3.63, 3.8) is 0 Å². The molecule has 1 aromatic heterocycles. The molecule has 0 amide bonds. The second kappa shape index (κ2) is 13.9. The van der Waals surface area contributed by atoms with Gasteiger partial charge in [-0.1, -0.05) is 31.2 Å². The van der Waals surface area contributed by atoms with Crippen molar-refractivity contribution in [3.8, 4) is 11.5 Å². The molecule has 1 atom stereocenters. The number of hydrogen-bond donors (Lipinski definition) is 0. The Hall–Kier alpha value is -2.70. The van der Waals surface area contributed by atoms with Crippen molar-refractivity contribution >= 4 is 31.8 Å².